The molecule has 0 N–H and O–H groups in total. The van der Waals surface area contributed by atoms with Crippen LogP contribution in [0.25, 0.3) is 6.08 Å². The largest absolute Gasteiger partial charge is 0.494 e. The number of thioether (sulfide) groups is 1. The number of benzene rings is 2. The molecule has 144 valence electrons. The number of carbonyl (C=O) groups is 1. The Labute approximate surface area is 169 Å². The van der Waals surface area contributed by atoms with Crippen LogP contribution in [0.15, 0.2) is 64.5 Å². The topological polar surface area (TPSA) is 45.1 Å². The second kappa shape index (κ2) is 8.52. The van der Waals surface area contributed by atoms with Crippen LogP contribution in [-0.2, 0) is 4.79 Å². The van der Waals surface area contributed by atoms with Crippen molar-refractivity contribution in [1.82, 2.24) is 4.90 Å². The number of amidine groups is 1. The van der Waals surface area contributed by atoms with Crippen molar-refractivity contribution in [3.05, 3.63) is 65.1 Å². The molecule has 2 aromatic rings. The number of carbonyl (C=O) groups excluding carboxylic acids is 1. The van der Waals surface area contributed by atoms with Crippen LogP contribution in [0.4, 0.5) is 5.69 Å². The van der Waals surface area contributed by atoms with E-state index in [9.17, 15) is 4.79 Å². The van der Waals surface area contributed by atoms with Gasteiger partial charge in [-0.3, -0.25) is 4.79 Å². The fraction of sp³-hybridized carbons (Fsp3) is 0.273. The zero-order valence-corrected chi connectivity index (χ0v) is 16.7. The highest BCUT2D eigenvalue weighted by Crippen LogP contribution is 2.31. The predicted molar refractivity (Wildman–Crippen MR) is 116 cm³/mol. The molecule has 0 bridgehead atoms. The lowest BCUT2D eigenvalue weighted by molar-refractivity contribution is -0.113. The summed E-state index contributed by atoms with van der Waals surface area (Å²) in [5, 5.41) is 0.815. The molecule has 28 heavy (non-hydrogen) atoms. The normalized spacial score (nSPS) is 18.5. The summed E-state index contributed by atoms with van der Waals surface area (Å²) in [6.07, 6.45) is 1.90. The third-order valence-electron chi connectivity index (χ3n) is 4.77. The molecular weight excluding hydrogens is 370 g/mol. The Balaban J connectivity index is 1.37. The van der Waals surface area contributed by atoms with Crippen LogP contribution < -0.4 is 9.64 Å². The summed E-state index contributed by atoms with van der Waals surface area (Å²) in [6.45, 7) is 6.19. The first-order valence-electron chi connectivity index (χ1n) is 9.53. The average Bonchev–Trinajstić information content (AvgIpc) is 3.11. The summed E-state index contributed by atoms with van der Waals surface area (Å²) >= 11 is 1.47. The number of nitrogens with zero attached hydrogens (tertiary/aromatic N) is 3. The Bertz CT molecular complexity index is 886. The van der Waals surface area contributed by atoms with Crippen LogP contribution in [-0.4, -0.2) is 48.8 Å². The molecule has 0 aromatic heterocycles. The van der Waals surface area contributed by atoms with E-state index in [0.29, 0.717) is 11.5 Å². The lowest BCUT2D eigenvalue weighted by Gasteiger charge is -2.36. The quantitative estimate of drug-likeness (QED) is 0.738. The number of piperazine rings is 1. The van der Waals surface area contributed by atoms with Gasteiger partial charge in [0.2, 0.25) is 0 Å². The van der Waals surface area contributed by atoms with Crippen molar-refractivity contribution in [2.24, 2.45) is 4.99 Å². The first-order valence-corrected chi connectivity index (χ1v) is 10.3. The van der Waals surface area contributed by atoms with Crippen LogP contribution in [0.5, 0.6) is 5.75 Å². The van der Waals surface area contributed by atoms with Gasteiger partial charge in [-0.25, -0.2) is 0 Å². The highest BCUT2D eigenvalue weighted by Gasteiger charge is 2.28. The zero-order chi connectivity index (χ0) is 19.3. The Morgan fingerprint density at radius 2 is 1.68 bits per heavy atom. The molecule has 1 amide bonds. The van der Waals surface area contributed by atoms with Crippen LogP contribution >= 0.6 is 11.8 Å². The molecule has 0 saturated carbocycles. The number of ether oxygens (including phenoxy) is 1. The second-order valence-electron chi connectivity index (χ2n) is 6.62. The fourth-order valence-corrected chi connectivity index (χ4v) is 4.27. The Kier molecular flexibility index (Phi) is 5.67. The molecule has 0 spiro atoms. The maximum absolute atomic E-state index is 12.3. The molecule has 5 nitrogen and oxygen atoms in total. The first-order chi connectivity index (χ1) is 13.7. The van der Waals surface area contributed by atoms with Crippen molar-refractivity contribution < 1.29 is 9.53 Å². The van der Waals surface area contributed by atoms with Gasteiger partial charge in [-0.05, 0) is 54.6 Å². The van der Waals surface area contributed by atoms with Crippen LogP contribution in [0, 0.1) is 0 Å². The SMILES string of the molecule is CCOc1ccc(/C=C2/SC(N3CCN(c4ccccc4)CC3)=NC2=O)cc1. The van der Waals surface area contributed by atoms with Crippen LogP contribution in [0.2, 0.25) is 0 Å². The van der Waals surface area contributed by atoms with Gasteiger partial charge in [-0.15, -0.1) is 0 Å². The Morgan fingerprint density at radius 3 is 2.36 bits per heavy atom. The number of hydrogen-bond acceptors (Lipinski definition) is 5. The molecule has 0 atom stereocenters. The van der Waals surface area contributed by atoms with Gasteiger partial charge in [0.05, 0.1) is 11.5 Å². The number of anilines is 1. The number of rotatable bonds is 4. The lowest BCUT2D eigenvalue weighted by Crippen LogP contribution is -2.47. The monoisotopic (exact) mass is 393 g/mol. The van der Waals surface area contributed by atoms with Crippen LogP contribution in [0.3, 0.4) is 0 Å². The summed E-state index contributed by atoms with van der Waals surface area (Å²) in [4.78, 5) is 21.9. The van der Waals surface area contributed by atoms with E-state index in [1.54, 1.807) is 0 Å². The third kappa shape index (κ3) is 4.22. The molecule has 2 aliphatic rings. The van der Waals surface area contributed by atoms with Gasteiger partial charge in [0, 0.05) is 31.9 Å². The molecule has 0 aliphatic carbocycles. The van der Waals surface area contributed by atoms with Gasteiger partial charge in [-0.2, -0.15) is 4.99 Å². The molecule has 2 aromatic carbocycles. The van der Waals surface area contributed by atoms with E-state index in [-0.39, 0.29) is 5.91 Å². The minimum absolute atomic E-state index is 0.153. The molecule has 2 aliphatic heterocycles. The Hall–Kier alpha value is -2.73. The van der Waals surface area contributed by atoms with Crippen molar-refractivity contribution in [2.75, 3.05) is 37.7 Å². The zero-order valence-electron chi connectivity index (χ0n) is 15.9. The van der Waals surface area contributed by atoms with E-state index in [0.717, 1.165) is 42.7 Å². The van der Waals surface area contributed by atoms with E-state index < -0.39 is 0 Å². The number of amides is 1. The molecule has 2 heterocycles. The average molecular weight is 394 g/mol. The van der Waals surface area contributed by atoms with E-state index in [2.05, 4.69) is 39.1 Å². The lowest BCUT2D eigenvalue weighted by atomic mass is 10.2. The maximum Gasteiger partial charge on any atom is 0.286 e. The van der Waals surface area contributed by atoms with Gasteiger partial charge in [0.1, 0.15) is 5.75 Å². The molecule has 1 saturated heterocycles. The number of para-hydroxylation sites is 1. The number of aliphatic imine (C=N–C) groups is 1. The number of hydrogen-bond donors (Lipinski definition) is 0. The standard InChI is InChI=1S/C22H23N3O2S/c1-2-27-19-10-8-17(9-11-19)16-20-21(26)23-22(28-20)25-14-12-24(13-15-25)18-6-4-3-5-7-18/h3-11,16H,2,12-15H2,1H3/b20-16+. The molecule has 0 unspecified atom stereocenters. The summed E-state index contributed by atoms with van der Waals surface area (Å²) in [5.41, 5.74) is 2.22. The van der Waals surface area contributed by atoms with E-state index in [1.165, 1.54) is 17.4 Å². The molecular formula is C22H23N3O2S. The predicted octanol–water partition coefficient (Wildman–Crippen LogP) is 3.88. The van der Waals surface area contributed by atoms with Crippen molar-refractivity contribution >= 4 is 34.6 Å². The summed E-state index contributed by atoms with van der Waals surface area (Å²) in [5.74, 6) is 0.683. The summed E-state index contributed by atoms with van der Waals surface area (Å²) in [6, 6.07) is 18.2. The van der Waals surface area contributed by atoms with Gasteiger partial charge >= 0.3 is 0 Å². The minimum Gasteiger partial charge on any atom is -0.494 e. The summed E-state index contributed by atoms with van der Waals surface area (Å²) < 4.78 is 5.46. The third-order valence-corrected chi connectivity index (χ3v) is 5.81. The minimum atomic E-state index is -0.153. The maximum atomic E-state index is 12.3. The van der Waals surface area contributed by atoms with Gasteiger partial charge in [-0.1, -0.05) is 30.3 Å². The van der Waals surface area contributed by atoms with E-state index >= 15 is 0 Å². The van der Waals surface area contributed by atoms with Crippen molar-refractivity contribution in [3.8, 4) is 5.75 Å². The van der Waals surface area contributed by atoms with Crippen molar-refractivity contribution in [3.63, 3.8) is 0 Å². The molecule has 6 heteroatoms. The van der Waals surface area contributed by atoms with Crippen molar-refractivity contribution in [1.29, 1.82) is 0 Å². The molecule has 4 rings (SSSR count). The molecule has 0 radical (unpaired) electrons. The summed E-state index contributed by atoms with van der Waals surface area (Å²) in [7, 11) is 0. The van der Waals surface area contributed by atoms with Gasteiger partial charge in [0.25, 0.3) is 5.91 Å². The first kappa shape index (κ1) is 18.6. The van der Waals surface area contributed by atoms with Crippen molar-refractivity contribution in [2.45, 2.75) is 6.92 Å². The molecule has 1 fully saturated rings. The Morgan fingerprint density at radius 1 is 1.00 bits per heavy atom. The highest BCUT2D eigenvalue weighted by molar-refractivity contribution is 8.18. The highest BCUT2D eigenvalue weighted by atomic mass is 32.2. The van der Waals surface area contributed by atoms with E-state index in [1.807, 2.05) is 43.3 Å². The van der Waals surface area contributed by atoms with Crippen LogP contribution in [0.1, 0.15) is 12.5 Å². The smallest absolute Gasteiger partial charge is 0.286 e. The van der Waals surface area contributed by atoms with E-state index in [4.69, 9.17) is 4.74 Å². The van der Waals surface area contributed by atoms with Gasteiger partial charge in [0.15, 0.2) is 5.17 Å². The fourth-order valence-electron chi connectivity index (χ4n) is 3.31. The van der Waals surface area contributed by atoms with Gasteiger partial charge < -0.3 is 14.5 Å². The second-order valence-corrected chi connectivity index (χ2v) is 7.63.